The first-order valence-electron chi connectivity index (χ1n) is 8.35. The molecule has 1 fully saturated rings. The molecule has 0 saturated heterocycles. The minimum atomic E-state index is -0.659. The fourth-order valence-electron chi connectivity index (χ4n) is 3.34. The number of nitrogens with zero attached hydrogens (tertiary/aromatic N) is 1. The molecule has 0 heterocycles. The molecule has 0 N–H and O–H groups in total. The Bertz CT molecular complexity index is 651. The van der Waals surface area contributed by atoms with Gasteiger partial charge in [-0.15, -0.1) is 0 Å². The van der Waals surface area contributed by atoms with E-state index in [2.05, 4.69) is 6.07 Å². The van der Waals surface area contributed by atoms with Crippen molar-refractivity contribution in [1.82, 2.24) is 0 Å². The van der Waals surface area contributed by atoms with Crippen molar-refractivity contribution in [2.75, 3.05) is 11.4 Å². The van der Waals surface area contributed by atoms with Crippen molar-refractivity contribution in [3.05, 3.63) is 59.7 Å². The molecule has 1 aliphatic carbocycles. The molecule has 0 amide bonds. The number of benzene rings is 2. The molecule has 0 spiro atoms. The molecule has 2 aromatic rings. The van der Waals surface area contributed by atoms with Gasteiger partial charge in [0.25, 0.3) is 0 Å². The minimum absolute atomic E-state index is 0. The Hall–Kier alpha value is -1.19. The van der Waals surface area contributed by atoms with Crippen LogP contribution in [0.5, 0.6) is 0 Å². The molecule has 0 aromatic heterocycles. The molecule has 1 saturated carbocycles. The molecule has 3 rings (SSSR count). The third-order valence-corrected chi connectivity index (χ3v) is 4.64. The van der Waals surface area contributed by atoms with Gasteiger partial charge in [-0.3, -0.25) is 0 Å². The second-order valence-electron chi connectivity index (χ2n) is 6.46. The normalized spacial score (nSPS) is 15.0. The standard InChI is InChI=1S/C20H22F2N.Ti/c1-15-7-10-18(11-8-15)23(14-16-5-3-2-4-6-16)20-12-9-17(21)13-19(20)22;/h7-12,16H,2-6,14H2,1H3;. The number of halogens is 2. The van der Waals surface area contributed by atoms with Gasteiger partial charge in [-0.25, -0.2) is 8.78 Å². The number of hydrogen-bond donors (Lipinski definition) is 0. The Morgan fingerprint density at radius 3 is 2.29 bits per heavy atom. The van der Waals surface area contributed by atoms with Crippen LogP contribution in [0.2, 0.25) is 0 Å². The van der Waals surface area contributed by atoms with Crippen molar-refractivity contribution in [3.8, 4) is 0 Å². The summed E-state index contributed by atoms with van der Waals surface area (Å²) in [7, 11) is 0. The van der Waals surface area contributed by atoms with E-state index < -0.39 is 11.6 Å². The van der Waals surface area contributed by atoms with Gasteiger partial charge in [0.1, 0.15) is 5.82 Å². The van der Waals surface area contributed by atoms with Gasteiger partial charge < -0.3 is 4.90 Å². The minimum Gasteiger partial charge on any atom is -0.339 e. The summed E-state index contributed by atoms with van der Waals surface area (Å²) >= 11 is 0. The van der Waals surface area contributed by atoms with Crippen LogP contribution in [0.3, 0.4) is 0 Å². The van der Waals surface area contributed by atoms with Crippen molar-refractivity contribution in [2.45, 2.75) is 39.0 Å². The van der Waals surface area contributed by atoms with Crippen LogP contribution in [-0.2, 0) is 21.7 Å². The van der Waals surface area contributed by atoms with E-state index in [0.717, 1.165) is 17.8 Å². The fraction of sp³-hybridized carbons (Fsp3) is 0.400. The molecular formula is C20H22F2NTi. The predicted octanol–water partition coefficient (Wildman–Crippen LogP) is 5.79. The Kier molecular flexibility index (Phi) is 7.00. The molecule has 1 aliphatic rings. The van der Waals surface area contributed by atoms with Gasteiger partial charge in [-0.2, -0.15) is 0 Å². The first-order chi connectivity index (χ1) is 11.1. The molecule has 0 unspecified atom stereocenters. The molecule has 4 heteroatoms. The van der Waals surface area contributed by atoms with Crippen LogP contribution >= 0.6 is 0 Å². The molecule has 2 aromatic carbocycles. The summed E-state index contributed by atoms with van der Waals surface area (Å²) in [6, 6.07) is 13.0. The van der Waals surface area contributed by atoms with E-state index in [-0.39, 0.29) is 21.7 Å². The fourth-order valence-corrected chi connectivity index (χ4v) is 3.34. The smallest absolute Gasteiger partial charge is 0.157 e. The van der Waals surface area contributed by atoms with Crippen molar-refractivity contribution in [3.63, 3.8) is 0 Å². The summed E-state index contributed by atoms with van der Waals surface area (Å²) in [6.07, 6.45) is 6.12. The Labute approximate surface area is 157 Å². The van der Waals surface area contributed by atoms with Crippen LogP contribution in [0.1, 0.15) is 37.7 Å². The van der Waals surface area contributed by atoms with Crippen LogP contribution in [0.4, 0.5) is 20.2 Å². The van der Waals surface area contributed by atoms with E-state index in [1.54, 1.807) is 0 Å². The number of hydrogen-bond acceptors (Lipinski definition) is 1. The largest absolute Gasteiger partial charge is 0.339 e. The molecule has 0 aliphatic heterocycles. The first kappa shape index (κ1) is 19.1. The zero-order valence-electron chi connectivity index (χ0n) is 14.0. The van der Waals surface area contributed by atoms with Crippen LogP contribution in [0.15, 0.2) is 36.4 Å². The Morgan fingerprint density at radius 2 is 1.67 bits per heavy atom. The predicted molar refractivity (Wildman–Crippen MR) is 90.0 cm³/mol. The van der Waals surface area contributed by atoms with Gasteiger partial charge in [0.2, 0.25) is 0 Å². The average Bonchev–Trinajstić information content (AvgIpc) is 2.55. The maximum atomic E-state index is 14.3. The van der Waals surface area contributed by atoms with E-state index >= 15 is 0 Å². The summed E-state index contributed by atoms with van der Waals surface area (Å²) < 4.78 is 27.5. The summed E-state index contributed by atoms with van der Waals surface area (Å²) in [5, 5.41) is 0. The van der Waals surface area contributed by atoms with Crippen molar-refractivity contribution >= 4 is 11.4 Å². The number of anilines is 2. The average molecular weight is 362 g/mol. The molecule has 125 valence electrons. The Balaban J connectivity index is 0.00000208. The molecule has 0 atom stereocenters. The second-order valence-corrected chi connectivity index (χ2v) is 6.46. The second kappa shape index (κ2) is 8.78. The van der Waals surface area contributed by atoms with Gasteiger partial charge in [0, 0.05) is 33.9 Å². The summed E-state index contributed by atoms with van der Waals surface area (Å²) in [5.74, 6) is -0.733. The zero-order valence-corrected chi connectivity index (χ0v) is 15.5. The van der Waals surface area contributed by atoms with E-state index in [0.29, 0.717) is 11.6 Å². The zero-order chi connectivity index (χ0) is 16.2. The van der Waals surface area contributed by atoms with Crippen molar-refractivity contribution < 1.29 is 30.5 Å². The maximum absolute atomic E-state index is 14.3. The van der Waals surface area contributed by atoms with Gasteiger partial charge in [0.15, 0.2) is 5.82 Å². The topological polar surface area (TPSA) is 3.24 Å². The Morgan fingerprint density at radius 1 is 1.00 bits per heavy atom. The number of rotatable bonds is 4. The monoisotopic (exact) mass is 362 g/mol. The van der Waals surface area contributed by atoms with Gasteiger partial charge in [-0.05, 0) is 49.9 Å². The molecule has 24 heavy (non-hydrogen) atoms. The van der Waals surface area contributed by atoms with Gasteiger partial charge >= 0.3 is 0 Å². The van der Waals surface area contributed by atoms with Crippen LogP contribution < -0.4 is 4.90 Å². The van der Waals surface area contributed by atoms with Gasteiger partial charge in [-0.1, -0.05) is 37.0 Å². The van der Waals surface area contributed by atoms with E-state index in [9.17, 15) is 8.78 Å². The van der Waals surface area contributed by atoms with Crippen molar-refractivity contribution in [2.24, 2.45) is 5.92 Å². The summed E-state index contributed by atoms with van der Waals surface area (Å²) in [5.41, 5.74) is 2.51. The van der Waals surface area contributed by atoms with Crippen LogP contribution in [0.25, 0.3) is 0 Å². The number of aryl methyl sites for hydroxylation is 1. The SMILES string of the molecule is Cc1ccc(N(CC2CCCCC2)c2ccc(F)[c]c2F)cc1.[Ti]. The van der Waals surface area contributed by atoms with Crippen molar-refractivity contribution in [1.29, 1.82) is 0 Å². The quantitative estimate of drug-likeness (QED) is 0.623. The maximum Gasteiger partial charge on any atom is 0.157 e. The third-order valence-electron chi connectivity index (χ3n) is 4.64. The summed E-state index contributed by atoms with van der Waals surface area (Å²) in [4.78, 5) is 1.97. The molecule has 1 nitrogen and oxygen atoms in total. The van der Waals surface area contributed by atoms with E-state index in [1.807, 2.05) is 36.1 Å². The van der Waals surface area contributed by atoms with E-state index in [4.69, 9.17) is 0 Å². The van der Waals surface area contributed by atoms with Gasteiger partial charge in [0.05, 0.1) is 11.8 Å². The molecular weight excluding hydrogens is 340 g/mol. The molecule has 1 radical (unpaired) electrons. The first-order valence-corrected chi connectivity index (χ1v) is 8.35. The van der Waals surface area contributed by atoms with E-state index in [1.165, 1.54) is 44.2 Å². The molecule has 0 bridgehead atoms. The third kappa shape index (κ3) is 4.67. The summed E-state index contributed by atoms with van der Waals surface area (Å²) in [6.45, 7) is 2.79. The van der Waals surface area contributed by atoms with Crippen LogP contribution in [0, 0.1) is 30.5 Å². The van der Waals surface area contributed by atoms with Crippen LogP contribution in [-0.4, -0.2) is 6.54 Å².